The highest BCUT2D eigenvalue weighted by Gasteiger charge is 2.02. The molecule has 22 heavy (non-hydrogen) atoms. The molecule has 0 N–H and O–H groups in total. The Morgan fingerprint density at radius 3 is 2.45 bits per heavy atom. The summed E-state index contributed by atoms with van der Waals surface area (Å²) < 4.78 is 10.8. The van der Waals surface area contributed by atoms with Crippen molar-refractivity contribution in [3.63, 3.8) is 0 Å². The van der Waals surface area contributed by atoms with Gasteiger partial charge < -0.3 is 9.47 Å². The van der Waals surface area contributed by atoms with Crippen LogP contribution in [0.3, 0.4) is 0 Å². The second-order valence-corrected chi connectivity index (χ2v) is 4.72. The minimum Gasteiger partial charge on any atom is -0.493 e. The summed E-state index contributed by atoms with van der Waals surface area (Å²) in [4.78, 5) is 11.9. The van der Waals surface area contributed by atoms with E-state index in [1.54, 1.807) is 18.2 Å². The second kappa shape index (κ2) is 8.03. The largest absolute Gasteiger partial charge is 0.493 e. The van der Waals surface area contributed by atoms with Gasteiger partial charge in [-0.15, -0.1) is 0 Å². The van der Waals surface area contributed by atoms with E-state index in [2.05, 4.69) is 6.92 Å². The number of esters is 1. The summed E-state index contributed by atoms with van der Waals surface area (Å²) in [6.45, 7) is 4.59. The van der Waals surface area contributed by atoms with Crippen LogP contribution >= 0.6 is 0 Å². The third kappa shape index (κ3) is 4.48. The molecule has 3 nitrogen and oxygen atoms in total. The number of hydrogen-bond donors (Lipinski definition) is 0. The Morgan fingerprint density at radius 1 is 1.05 bits per heavy atom. The first-order chi connectivity index (χ1) is 10.7. The van der Waals surface area contributed by atoms with Gasteiger partial charge in [-0.05, 0) is 43.2 Å². The number of carbonyl (C=O) groups excluding carboxylic acids is 1. The zero-order chi connectivity index (χ0) is 15.8. The van der Waals surface area contributed by atoms with Gasteiger partial charge in [0, 0.05) is 11.6 Å². The molecule has 0 aliphatic rings. The van der Waals surface area contributed by atoms with Gasteiger partial charge in [0.1, 0.15) is 11.5 Å². The first-order valence-electron chi connectivity index (χ1n) is 7.43. The minimum absolute atomic E-state index is 0.407. The van der Waals surface area contributed by atoms with Crippen LogP contribution < -0.4 is 9.47 Å². The summed E-state index contributed by atoms with van der Waals surface area (Å²) in [6.07, 6.45) is 4.07. The lowest BCUT2D eigenvalue weighted by molar-refractivity contribution is -0.128. The number of ether oxygens (including phenoxy) is 2. The molecule has 0 heterocycles. The molecule has 0 aliphatic carbocycles. The Hall–Kier alpha value is -2.55. The monoisotopic (exact) mass is 296 g/mol. The van der Waals surface area contributed by atoms with E-state index in [1.165, 1.54) is 11.6 Å². The molecule has 2 rings (SSSR count). The predicted molar refractivity (Wildman–Crippen MR) is 88.1 cm³/mol. The van der Waals surface area contributed by atoms with Gasteiger partial charge in [-0.2, -0.15) is 0 Å². The van der Waals surface area contributed by atoms with Crippen LogP contribution in [0.1, 0.15) is 25.0 Å². The molecule has 0 saturated carbocycles. The Kier molecular flexibility index (Phi) is 5.78. The van der Waals surface area contributed by atoms with Gasteiger partial charge in [0.25, 0.3) is 0 Å². The zero-order valence-electron chi connectivity index (χ0n) is 12.9. The number of aryl methyl sites for hydroxylation is 1. The van der Waals surface area contributed by atoms with E-state index >= 15 is 0 Å². The third-order valence-electron chi connectivity index (χ3n) is 3.17. The number of hydrogen-bond acceptors (Lipinski definition) is 3. The van der Waals surface area contributed by atoms with Crippen molar-refractivity contribution in [2.45, 2.75) is 20.3 Å². The van der Waals surface area contributed by atoms with E-state index < -0.39 is 5.97 Å². The van der Waals surface area contributed by atoms with Crippen molar-refractivity contribution >= 4 is 12.0 Å². The maximum atomic E-state index is 11.9. The summed E-state index contributed by atoms with van der Waals surface area (Å²) in [7, 11) is 0. The van der Waals surface area contributed by atoms with Crippen LogP contribution in [0.5, 0.6) is 11.5 Å². The topological polar surface area (TPSA) is 35.5 Å². The molecule has 0 fully saturated rings. The highest BCUT2D eigenvalue weighted by molar-refractivity contribution is 5.89. The predicted octanol–water partition coefficient (Wildman–Crippen LogP) is 4.27. The lowest BCUT2D eigenvalue weighted by Crippen LogP contribution is -2.03. The fourth-order valence-electron chi connectivity index (χ4n) is 2.01. The van der Waals surface area contributed by atoms with Gasteiger partial charge in [0.2, 0.25) is 0 Å². The quantitative estimate of drug-likeness (QED) is 0.454. The molecule has 0 atom stereocenters. The molecule has 0 unspecified atom stereocenters. The first-order valence-corrected chi connectivity index (χ1v) is 7.43. The van der Waals surface area contributed by atoms with Crippen molar-refractivity contribution in [1.29, 1.82) is 0 Å². The fraction of sp³-hybridized carbons (Fsp3) is 0.211. The number of para-hydroxylation sites is 1. The van der Waals surface area contributed by atoms with Crippen LogP contribution in [0.4, 0.5) is 0 Å². The summed E-state index contributed by atoms with van der Waals surface area (Å²) in [6, 6.07) is 15.1. The molecule has 0 aliphatic heterocycles. The Morgan fingerprint density at radius 2 is 1.77 bits per heavy atom. The Balaban J connectivity index is 2.01. The number of carbonyl (C=O) groups is 1. The summed E-state index contributed by atoms with van der Waals surface area (Å²) in [5, 5.41) is 0. The summed E-state index contributed by atoms with van der Waals surface area (Å²) >= 11 is 0. The molecule has 0 spiro atoms. The lowest BCUT2D eigenvalue weighted by atomic mass is 10.2. The Bertz CT molecular complexity index is 642. The van der Waals surface area contributed by atoms with Gasteiger partial charge in [-0.25, -0.2) is 4.79 Å². The third-order valence-corrected chi connectivity index (χ3v) is 3.17. The van der Waals surface area contributed by atoms with Crippen LogP contribution in [-0.4, -0.2) is 12.6 Å². The van der Waals surface area contributed by atoms with Gasteiger partial charge >= 0.3 is 5.97 Å². The van der Waals surface area contributed by atoms with Crippen LogP contribution in [0, 0.1) is 0 Å². The van der Waals surface area contributed by atoms with E-state index in [0.717, 1.165) is 17.7 Å². The molecule has 2 aromatic carbocycles. The van der Waals surface area contributed by atoms with Crippen LogP contribution in [0.15, 0.2) is 54.6 Å². The number of benzene rings is 2. The van der Waals surface area contributed by atoms with E-state index in [4.69, 9.17) is 9.47 Å². The maximum Gasteiger partial charge on any atom is 0.336 e. The summed E-state index contributed by atoms with van der Waals surface area (Å²) in [5.74, 6) is 0.891. The van der Waals surface area contributed by atoms with Gasteiger partial charge in [0.15, 0.2) is 0 Å². The first kappa shape index (κ1) is 15.8. The van der Waals surface area contributed by atoms with Crippen LogP contribution in [-0.2, 0) is 11.2 Å². The average Bonchev–Trinajstić information content (AvgIpc) is 2.55. The van der Waals surface area contributed by atoms with Crippen molar-refractivity contribution < 1.29 is 14.3 Å². The maximum absolute atomic E-state index is 11.9. The highest BCUT2D eigenvalue weighted by atomic mass is 16.5. The number of rotatable bonds is 6. The normalized spacial score (nSPS) is 10.6. The average molecular weight is 296 g/mol. The van der Waals surface area contributed by atoms with Crippen LogP contribution in [0.2, 0.25) is 0 Å². The van der Waals surface area contributed by atoms with Crippen molar-refractivity contribution in [3.8, 4) is 11.5 Å². The zero-order valence-corrected chi connectivity index (χ0v) is 12.9. The SMILES string of the molecule is CCOc1ccccc1/C=C/C(=O)Oc1ccc(CC)cc1. The van der Waals surface area contributed by atoms with Crippen molar-refractivity contribution in [1.82, 2.24) is 0 Å². The van der Waals surface area contributed by atoms with E-state index in [-0.39, 0.29) is 0 Å². The van der Waals surface area contributed by atoms with Gasteiger partial charge in [-0.1, -0.05) is 37.3 Å². The second-order valence-electron chi connectivity index (χ2n) is 4.72. The molecule has 0 amide bonds. The van der Waals surface area contributed by atoms with Crippen LogP contribution in [0.25, 0.3) is 6.08 Å². The van der Waals surface area contributed by atoms with Crippen molar-refractivity contribution in [2.75, 3.05) is 6.61 Å². The molecule has 0 radical (unpaired) electrons. The van der Waals surface area contributed by atoms with Gasteiger partial charge in [0.05, 0.1) is 6.61 Å². The lowest BCUT2D eigenvalue weighted by Gasteiger charge is -2.06. The molecule has 0 bridgehead atoms. The molecular weight excluding hydrogens is 276 g/mol. The fourth-order valence-corrected chi connectivity index (χ4v) is 2.01. The Labute approximate surface area is 131 Å². The minimum atomic E-state index is -0.407. The molecule has 2 aromatic rings. The standard InChI is InChI=1S/C19H20O3/c1-3-15-9-12-17(13-10-15)22-19(20)14-11-16-7-5-6-8-18(16)21-4-2/h5-14H,3-4H2,1-2H3/b14-11+. The highest BCUT2D eigenvalue weighted by Crippen LogP contribution is 2.19. The molecular formula is C19H20O3. The van der Waals surface area contributed by atoms with E-state index in [0.29, 0.717) is 12.4 Å². The van der Waals surface area contributed by atoms with Crippen molar-refractivity contribution in [3.05, 3.63) is 65.7 Å². The van der Waals surface area contributed by atoms with E-state index in [9.17, 15) is 4.79 Å². The molecule has 0 aromatic heterocycles. The molecule has 3 heteroatoms. The molecule has 114 valence electrons. The smallest absolute Gasteiger partial charge is 0.336 e. The van der Waals surface area contributed by atoms with E-state index in [1.807, 2.05) is 43.3 Å². The van der Waals surface area contributed by atoms with Gasteiger partial charge in [-0.3, -0.25) is 0 Å². The van der Waals surface area contributed by atoms with Crippen molar-refractivity contribution in [2.24, 2.45) is 0 Å². The summed E-state index contributed by atoms with van der Waals surface area (Å²) in [5.41, 5.74) is 2.06. The molecule has 0 saturated heterocycles.